The summed E-state index contributed by atoms with van der Waals surface area (Å²) in [5, 5.41) is 9.20. The molecule has 2 aromatic rings. The van der Waals surface area contributed by atoms with E-state index in [2.05, 4.69) is 10.2 Å². The molecule has 0 spiro atoms. The number of aromatic nitrogens is 2. The topological polar surface area (TPSA) is 64.9 Å². The Balaban J connectivity index is 1.99. The molecule has 90 valence electrons. The fraction of sp³-hybridized carbons (Fsp3) is 0.200. The minimum absolute atomic E-state index is 0.250. The van der Waals surface area contributed by atoms with Gasteiger partial charge >= 0.3 is 0 Å². The molecule has 0 saturated carbocycles. The van der Waals surface area contributed by atoms with Crippen molar-refractivity contribution in [1.82, 2.24) is 10.2 Å². The van der Waals surface area contributed by atoms with E-state index in [0.29, 0.717) is 26.9 Å². The summed E-state index contributed by atoms with van der Waals surface area (Å²) >= 11 is 13.2. The second kappa shape index (κ2) is 5.73. The molecule has 1 aromatic heterocycles. The van der Waals surface area contributed by atoms with Gasteiger partial charge in [0.15, 0.2) is 0 Å². The molecule has 0 atom stereocenters. The Labute approximate surface area is 112 Å². The number of hydrogen-bond donors (Lipinski definition) is 1. The third-order valence-corrected chi connectivity index (χ3v) is 3.60. The Morgan fingerprint density at radius 2 is 2.06 bits per heavy atom. The van der Waals surface area contributed by atoms with Crippen LogP contribution in [0.4, 0.5) is 0 Å². The first-order valence-corrected chi connectivity index (χ1v) is 6.52. The van der Waals surface area contributed by atoms with Gasteiger partial charge in [-0.25, -0.2) is 0 Å². The zero-order chi connectivity index (χ0) is 12.3. The molecule has 2 rings (SSSR count). The fourth-order valence-corrected chi connectivity index (χ4v) is 2.20. The number of thioether (sulfide) groups is 1. The second-order valence-electron chi connectivity index (χ2n) is 3.20. The molecule has 0 saturated heterocycles. The molecule has 7 heteroatoms. The highest BCUT2D eigenvalue weighted by atomic mass is 35.5. The minimum Gasteiger partial charge on any atom is -0.415 e. The first-order chi connectivity index (χ1) is 8.19. The van der Waals surface area contributed by atoms with E-state index in [0.717, 1.165) is 5.56 Å². The Bertz CT molecular complexity index is 518. The molecule has 0 aliphatic heterocycles. The van der Waals surface area contributed by atoms with Crippen molar-refractivity contribution in [3.8, 4) is 0 Å². The molecule has 1 aromatic carbocycles. The Morgan fingerprint density at radius 3 is 2.71 bits per heavy atom. The van der Waals surface area contributed by atoms with Gasteiger partial charge in [0.05, 0.1) is 16.6 Å². The third kappa shape index (κ3) is 3.35. The van der Waals surface area contributed by atoms with Gasteiger partial charge in [-0.3, -0.25) is 0 Å². The van der Waals surface area contributed by atoms with Crippen LogP contribution in [-0.4, -0.2) is 10.2 Å². The molecular formula is C10H9Cl2N3OS. The maximum atomic E-state index is 5.91. The zero-order valence-electron chi connectivity index (χ0n) is 8.69. The van der Waals surface area contributed by atoms with Crippen LogP contribution in [0.5, 0.6) is 0 Å². The van der Waals surface area contributed by atoms with Gasteiger partial charge in [0, 0.05) is 5.75 Å². The van der Waals surface area contributed by atoms with E-state index in [-0.39, 0.29) is 6.54 Å². The van der Waals surface area contributed by atoms with Crippen LogP contribution in [-0.2, 0) is 12.3 Å². The summed E-state index contributed by atoms with van der Waals surface area (Å²) in [6, 6.07) is 5.48. The van der Waals surface area contributed by atoms with E-state index < -0.39 is 0 Å². The summed E-state index contributed by atoms with van der Waals surface area (Å²) in [5.74, 6) is 1.12. The molecule has 2 N–H and O–H groups in total. The van der Waals surface area contributed by atoms with Crippen molar-refractivity contribution in [3.05, 3.63) is 39.7 Å². The molecule has 0 fully saturated rings. The van der Waals surface area contributed by atoms with Crippen molar-refractivity contribution in [2.45, 2.75) is 17.5 Å². The highest BCUT2D eigenvalue weighted by Gasteiger charge is 2.06. The van der Waals surface area contributed by atoms with E-state index >= 15 is 0 Å². The quantitative estimate of drug-likeness (QED) is 0.876. The van der Waals surface area contributed by atoms with E-state index in [1.165, 1.54) is 11.8 Å². The molecule has 0 aliphatic carbocycles. The first kappa shape index (κ1) is 12.7. The molecule has 0 bridgehead atoms. The van der Waals surface area contributed by atoms with Gasteiger partial charge in [-0.1, -0.05) is 41.0 Å². The van der Waals surface area contributed by atoms with Gasteiger partial charge in [0.2, 0.25) is 5.89 Å². The number of halogens is 2. The molecule has 0 unspecified atom stereocenters. The van der Waals surface area contributed by atoms with Crippen molar-refractivity contribution in [2.24, 2.45) is 5.73 Å². The molecular weight excluding hydrogens is 281 g/mol. The summed E-state index contributed by atoms with van der Waals surface area (Å²) in [4.78, 5) is 0. The van der Waals surface area contributed by atoms with E-state index in [4.69, 9.17) is 33.4 Å². The summed E-state index contributed by atoms with van der Waals surface area (Å²) in [7, 11) is 0. The van der Waals surface area contributed by atoms with E-state index in [9.17, 15) is 0 Å². The average Bonchev–Trinajstić information content (AvgIpc) is 2.79. The Kier molecular flexibility index (Phi) is 4.28. The predicted molar refractivity (Wildman–Crippen MR) is 68.2 cm³/mol. The summed E-state index contributed by atoms with van der Waals surface area (Å²) in [5.41, 5.74) is 6.41. The minimum atomic E-state index is 0.250. The van der Waals surface area contributed by atoms with Gasteiger partial charge in [-0.15, -0.1) is 10.2 Å². The SMILES string of the molecule is NCc1nnc(SCc2ccc(Cl)c(Cl)c2)o1. The van der Waals surface area contributed by atoms with Gasteiger partial charge in [0.25, 0.3) is 5.22 Å². The van der Waals surface area contributed by atoms with Crippen molar-refractivity contribution in [3.63, 3.8) is 0 Å². The molecule has 0 radical (unpaired) electrons. The van der Waals surface area contributed by atoms with Crippen LogP contribution in [0.25, 0.3) is 0 Å². The van der Waals surface area contributed by atoms with Crippen LogP contribution in [0.2, 0.25) is 10.0 Å². The van der Waals surface area contributed by atoms with Crippen LogP contribution < -0.4 is 5.73 Å². The highest BCUT2D eigenvalue weighted by Crippen LogP contribution is 2.26. The van der Waals surface area contributed by atoms with Crippen molar-refractivity contribution < 1.29 is 4.42 Å². The fourth-order valence-electron chi connectivity index (χ4n) is 1.15. The highest BCUT2D eigenvalue weighted by molar-refractivity contribution is 7.98. The molecule has 17 heavy (non-hydrogen) atoms. The number of nitrogens with two attached hydrogens (primary N) is 1. The van der Waals surface area contributed by atoms with Crippen LogP contribution in [0.3, 0.4) is 0 Å². The van der Waals surface area contributed by atoms with Crippen molar-refractivity contribution in [1.29, 1.82) is 0 Å². The Morgan fingerprint density at radius 1 is 1.24 bits per heavy atom. The Hall–Kier alpha value is -0.750. The van der Waals surface area contributed by atoms with Gasteiger partial charge in [0.1, 0.15) is 0 Å². The normalized spacial score (nSPS) is 10.8. The van der Waals surface area contributed by atoms with Crippen LogP contribution in [0.1, 0.15) is 11.5 Å². The monoisotopic (exact) mass is 289 g/mol. The lowest BCUT2D eigenvalue weighted by molar-refractivity contribution is 0.415. The molecule has 4 nitrogen and oxygen atoms in total. The van der Waals surface area contributed by atoms with E-state index in [1.54, 1.807) is 6.07 Å². The summed E-state index contributed by atoms with van der Waals surface area (Å²) in [6.07, 6.45) is 0. The van der Waals surface area contributed by atoms with Gasteiger partial charge < -0.3 is 10.2 Å². The summed E-state index contributed by atoms with van der Waals surface area (Å²) in [6.45, 7) is 0.250. The summed E-state index contributed by atoms with van der Waals surface area (Å²) < 4.78 is 5.27. The number of rotatable bonds is 4. The standard InChI is InChI=1S/C10H9Cl2N3OS/c11-7-2-1-6(3-8(7)12)5-17-10-15-14-9(4-13)16-10/h1-3H,4-5,13H2. The maximum Gasteiger partial charge on any atom is 0.276 e. The smallest absolute Gasteiger partial charge is 0.276 e. The average molecular weight is 290 g/mol. The van der Waals surface area contributed by atoms with Crippen LogP contribution in [0.15, 0.2) is 27.8 Å². The largest absolute Gasteiger partial charge is 0.415 e. The van der Waals surface area contributed by atoms with Gasteiger partial charge in [-0.05, 0) is 17.7 Å². The zero-order valence-corrected chi connectivity index (χ0v) is 11.0. The number of hydrogen-bond acceptors (Lipinski definition) is 5. The lowest BCUT2D eigenvalue weighted by Gasteiger charge is -2.00. The number of nitrogens with zero attached hydrogens (tertiary/aromatic N) is 2. The van der Waals surface area contributed by atoms with Gasteiger partial charge in [-0.2, -0.15) is 0 Å². The van der Waals surface area contributed by atoms with E-state index in [1.807, 2.05) is 12.1 Å². The first-order valence-electron chi connectivity index (χ1n) is 4.78. The lowest BCUT2D eigenvalue weighted by atomic mass is 10.2. The molecule has 0 aliphatic rings. The third-order valence-electron chi connectivity index (χ3n) is 1.97. The number of benzene rings is 1. The van der Waals surface area contributed by atoms with Crippen LogP contribution >= 0.6 is 35.0 Å². The second-order valence-corrected chi connectivity index (χ2v) is 4.94. The van der Waals surface area contributed by atoms with Crippen LogP contribution in [0, 0.1) is 0 Å². The van der Waals surface area contributed by atoms with Crippen molar-refractivity contribution in [2.75, 3.05) is 0 Å². The predicted octanol–water partition coefficient (Wildman–Crippen LogP) is 3.13. The maximum absolute atomic E-state index is 5.91. The van der Waals surface area contributed by atoms with Crippen molar-refractivity contribution >= 4 is 35.0 Å². The lowest BCUT2D eigenvalue weighted by Crippen LogP contribution is -1.95. The molecule has 0 amide bonds. The molecule has 1 heterocycles.